The fourth-order valence-corrected chi connectivity index (χ4v) is 3.63. The van der Waals surface area contributed by atoms with E-state index in [1.807, 2.05) is 0 Å². The molecule has 2 amide bonds. The Balaban J connectivity index is 2.05. The minimum atomic E-state index is -0.872. The van der Waals surface area contributed by atoms with Gasteiger partial charge in [-0.1, -0.05) is 12.1 Å². The number of ether oxygens (including phenoxy) is 1. The van der Waals surface area contributed by atoms with Gasteiger partial charge in [0.25, 0.3) is 0 Å². The number of nitriles is 1. The number of hydrogen-bond acceptors (Lipinski definition) is 6. The van der Waals surface area contributed by atoms with Crippen LogP contribution in [0.25, 0.3) is 0 Å². The molecule has 2 aliphatic heterocycles. The highest BCUT2D eigenvalue weighted by atomic mass is 16.5. The lowest BCUT2D eigenvalue weighted by molar-refractivity contribution is -0.148. The topological polar surface area (TPSA) is 99.5 Å². The predicted octanol–water partition coefficient (Wildman–Crippen LogP) is 0.365. The van der Waals surface area contributed by atoms with Crippen LogP contribution in [0.4, 0.5) is 0 Å². The summed E-state index contributed by atoms with van der Waals surface area (Å²) >= 11 is 0. The number of fused-ring (bicyclic) bond motifs is 1. The summed E-state index contributed by atoms with van der Waals surface area (Å²) in [4.78, 5) is 38.5. The first-order chi connectivity index (χ1) is 11.5. The molecule has 2 saturated heterocycles. The van der Waals surface area contributed by atoms with E-state index >= 15 is 0 Å². The maximum atomic E-state index is 12.7. The van der Waals surface area contributed by atoms with E-state index in [0.717, 1.165) is 0 Å². The third-order valence-electron chi connectivity index (χ3n) is 4.71. The largest absolute Gasteiger partial charge is 0.468 e. The first-order valence-corrected chi connectivity index (χ1v) is 7.72. The van der Waals surface area contributed by atoms with Crippen molar-refractivity contribution < 1.29 is 19.1 Å². The Morgan fingerprint density at radius 1 is 1.33 bits per heavy atom. The summed E-state index contributed by atoms with van der Waals surface area (Å²) in [7, 11) is 1.25. The van der Waals surface area contributed by atoms with Crippen molar-refractivity contribution >= 4 is 17.8 Å². The molecule has 2 heterocycles. The number of methoxy groups -OCH3 is 1. The van der Waals surface area contributed by atoms with Crippen molar-refractivity contribution in [3.05, 3.63) is 35.4 Å². The van der Waals surface area contributed by atoms with Gasteiger partial charge in [0.2, 0.25) is 11.8 Å². The molecule has 0 radical (unpaired) electrons. The highest BCUT2D eigenvalue weighted by Gasteiger charge is 2.60. The minimum Gasteiger partial charge on any atom is -0.468 e. The Morgan fingerprint density at radius 2 is 2.04 bits per heavy atom. The van der Waals surface area contributed by atoms with Crippen LogP contribution in [0.15, 0.2) is 24.3 Å². The molecule has 1 N–H and O–H groups in total. The van der Waals surface area contributed by atoms with E-state index in [4.69, 9.17) is 10.00 Å². The number of rotatable bonds is 3. The van der Waals surface area contributed by atoms with Gasteiger partial charge < -0.3 is 4.74 Å². The molecule has 0 saturated carbocycles. The standard InChI is InChI=1S/C17H17N3O4/c1-3-20-15(21)11-12(16(20)22)14(17(23)24-2)19-13(11)10-6-4-5-9(7-10)8-18/h4-7,11-14,19H,3H2,1-2H3/t11-,12+,13+,14-/m0/s1. The number of nitrogens with one attached hydrogen (secondary N) is 1. The van der Waals surface area contributed by atoms with Gasteiger partial charge in [0.05, 0.1) is 30.6 Å². The lowest BCUT2D eigenvalue weighted by Crippen LogP contribution is -2.43. The number of esters is 1. The third-order valence-corrected chi connectivity index (χ3v) is 4.71. The number of carbonyl (C=O) groups is 3. The average Bonchev–Trinajstić information content (AvgIpc) is 3.11. The van der Waals surface area contributed by atoms with E-state index in [9.17, 15) is 14.4 Å². The van der Waals surface area contributed by atoms with E-state index in [0.29, 0.717) is 11.1 Å². The van der Waals surface area contributed by atoms with Crippen LogP contribution in [-0.2, 0) is 19.1 Å². The van der Waals surface area contributed by atoms with Crippen LogP contribution in [0, 0.1) is 23.2 Å². The number of hydrogen-bond donors (Lipinski definition) is 1. The maximum Gasteiger partial charge on any atom is 0.323 e. The number of imide groups is 1. The summed E-state index contributed by atoms with van der Waals surface area (Å²) in [6.45, 7) is 1.99. The van der Waals surface area contributed by atoms with Crippen LogP contribution >= 0.6 is 0 Å². The van der Waals surface area contributed by atoms with Gasteiger partial charge in [0, 0.05) is 12.6 Å². The molecular formula is C17H17N3O4. The zero-order valence-corrected chi connectivity index (χ0v) is 13.4. The van der Waals surface area contributed by atoms with Crippen LogP contribution < -0.4 is 5.32 Å². The molecule has 1 aromatic carbocycles. The van der Waals surface area contributed by atoms with Gasteiger partial charge in [-0.15, -0.1) is 0 Å². The van der Waals surface area contributed by atoms with Crippen molar-refractivity contribution in [2.24, 2.45) is 11.8 Å². The lowest BCUT2D eigenvalue weighted by Gasteiger charge is -2.21. The quantitative estimate of drug-likeness (QED) is 0.636. The molecule has 0 aromatic heterocycles. The average molecular weight is 327 g/mol. The monoisotopic (exact) mass is 327 g/mol. The molecule has 0 spiro atoms. The number of amides is 2. The van der Waals surface area contributed by atoms with Crippen LogP contribution in [0.3, 0.4) is 0 Å². The molecule has 4 atom stereocenters. The first-order valence-electron chi connectivity index (χ1n) is 7.72. The molecule has 0 bridgehead atoms. The van der Waals surface area contributed by atoms with E-state index in [1.54, 1.807) is 31.2 Å². The number of likely N-dealkylation sites (tertiary alicyclic amines) is 1. The van der Waals surface area contributed by atoms with Crippen LogP contribution in [-0.4, -0.2) is 42.4 Å². The molecule has 7 heteroatoms. The number of carbonyl (C=O) groups excluding carboxylic acids is 3. The third kappa shape index (κ3) is 2.27. The van der Waals surface area contributed by atoms with Crippen molar-refractivity contribution in [3.8, 4) is 6.07 Å². The Labute approximate surface area is 139 Å². The van der Waals surface area contributed by atoms with Crippen molar-refractivity contribution in [1.82, 2.24) is 10.2 Å². The van der Waals surface area contributed by atoms with E-state index in [2.05, 4.69) is 11.4 Å². The van der Waals surface area contributed by atoms with Gasteiger partial charge in [-0.2, -0.15) is 5.26 Å². The van der Waals surface area contributed by atoms with Crippen LogP contribution in [0.5, 0.6) is 0 Å². The van der Waals surface area contributed by atoms with E-state index in [-0.39, 0.29) is 18.4 Å². The van der Waals surface area contributed by atoms with Crippen molar-refractivity contribution in [2.45, 2.75) is 19.0 Å². The lowest BCUT2D eigenvalue weighted by atomic mass is 9.86. The second kappa shape index (κ2) is 6.06. The molecule has 24 heavy (non-hydrogen) atoms. The van der Waals surface area contributed by atoms with Crippen molar-refractivity contribution in [2.75, 3.05) is 13.7 Å². The SMILES string of the molecule is CCN1C(=O)[C@@H]2[C@H](C1=O)[C@@H](c1cccc(C#N)c1)N[C@@H]2C(=O)OC. The summed E-state index contributed by atoms with van der Waals surface area (Å²) in [6, 6.07) is 7.49. The van der Waals surface area contributed by atoms with E-state index < -0.39 is 29.9 Å². The molecule has 2 fully saturated rings. The summed E-state index contributed by atoms with van der Waals surface area (Å²) in [6.07, 6.45) is 0. The summed E-state index contributed by atoms with van der Waals surface area (Å²) < 4.78 is 4.79. The van der Waals surface area contributed by atoms with Gasteiger partial charge in [-0.3, -0.25) is 24.6 Å². The Hall–Kier alpha value is -2.72. The summed E-state index contributed by atoms with van der Waals surface area (Å²) in [5.41, 5.74) is 1.16. The van der Waals surface area contributed by atoms with Gasteiger partial charge in [0.1, 0.15) is 6.04 Å². The van der Waals surface area contributed by atoms with Gasteiger partial charge in [-0.25, -0.2) is 0 Å². The Kier molecular flexibility index (Phi) is 4.08. The summed E-state index contributed by atoms with van der Waals surface area (Å²) in [5.74, 6) is -2.66. The van der Waals surface area contributed by atoms with Crippen LogP contribution in [0.1, 0.15) is 24.1 Å². The molecule has 2 aliphatic rings. The molecule has 1 aromatic rings. The predicted molar refractivity (Wildman–Crippen MR) is 82.2 cm³/mol. The van der Waals surface area contributed by atoms with Gasteiger partial charge in [-0.05, 0) is 24.6 Å². The zero-order valence-electron chi connectivity index (χ0n) is 13.4. The molecule has 124 valence electrons. The Bertz CT molecular complexity index is 754. The molecule has 7 nitrogen and oxygen atoms in total. The zero-order chi connectivity index (χ0) is 17.4. The smallest absolute Gasteiger partial charge is 0.323 e. The highest BCUT2D eigenvalue weighted by molar-refractivity contribution is 6.08. The first kappa shape index (κ1) is 16.1. The van der Waals surface area contributed by atoms with Gasteiger partial charge >= 0.3 is 5.97 Å². The summed E-state index contributed by atoms with van der Waals surface area (Å²) in [5, 5.41) is 12.1. The molecule has 0 unspecified atom stereocenters. The second-order valence-corrected chi connectivity index (χ2v) is 5.85. The molecule has 3 rings (SSSR count). The fraction of sp³-hybridized carbons (Fsp3) is 0.412. The normalized spacial score (nSPS) is 28.6. The number of benzene rings is 1. The van der Waals surface area contributed by atoms with E-state index in [1.165, 1.54) is 12.0 Å². The molecular weight excluding hydrogens is 310 g/mol. The highest BCUT2D eigenvalue weighted by Crippen LogP contribution is 2.44. The maximum absolute atomic E-state index is 12.7. The van der Waals surface area contributed by atoms with Crippen molar-refractivity contribution in [1.29, 1.82) is 5.26 Å². The Morgan fingerprint density at radius 3 is 2.67 bits per heavy atom. The van der Waals surface area contributed by atoms with Crippen LogP contribution in [0.2, 0.25) is 0 Å². The molecule has 0 aliphatic carbocycles. The van der Waals surface area contributed by atoms with Gasteiger partial charge in [0.15, 0.2) is 0 Å². The second-order valence-electron chi connectivity index (χ2n) is 5.85. The van der Waals surface area contributed by atoms with Crippen molar-refractivity contribution in [3.63, 3.8) is 0 Å². The minimum absolute atomic E-state index is 0.267. The number of nitrogens with zero attached hydrogens (tertiary/aromatic N) is 2. The fourth-order valence-electron chi connectivity index (χ4n) is 3.63.